The Hall–Kier alpha value is -2.15. The predicted molar refractivity (Wildman–Crippen MR) is 90.1 cm³/mol. The van der Waals surface area contributed by atoms with Crippen LogP contribution in [-0.2, 0) is 16.4 Å². The minimum Gasteiger partial charge on any atom is -0.341 e. The molecule has 1 aromatic carbocycles. The molecule has 0 unspecified atom stereocenters. The van der Waals surface area contributed by atoms with Crippen molar-refractivity contribution in [3.8, 4) is 0 Å². The summed E-state index contributed by atoms with van der Waals surface area (Å²) in [5.41, 5.74) is 1.47. The monoisotopic (exact) mass is 332 g/mol. The first kappa shape index (κ1) is 15.7. The highest BCUT2D eigenvalue weighted by Gasteiger charge is 2.17. The fourth-order valence-electron chi connectivity index (χ4n) is 2.57. The number of nitrogens with one attached hydrogen (secondary N) is 1. The Bertz CT molecular complexity index is 752. The third kappa shape index (κ3) is 3.61. The summed E-state index contributed by atoms with van der Waals surface area (Å²) in [5.74, 6) is 0.651. The van der Waals surface area contributed by atoms with Crippen molar-refractivity contribution >= 4 is 21.7 Å². The number of sulfonamides is 1. The van der Waals surface area contributed by atoms with Crippen LogP contribution in [0, 0.1) is 0 Å². The summed E-state index contributed by atoms with van der Waals surface area (Å²) in [5, 5.41) is 0. The third-order valence-electron chi connectivity index (χ3n) is 3.92. The maximum absolute atomic E-state index is 12.4. The topological polar surface area (TPSA) is 75.2 Å². The fraction of sp³-hybridized carbons (Fsp3) is 0.375. The van der Waals surface area contributed by atoms with E-state index < -0.39 is 10.0 Å². The molecule has 0 bridgehead atoms. The Kier molecular flexibility index (Phi) is 4.47. The molecule has 2 heterocycles. The Morgan fingerprint density at radius 1 is 1.09 bits per heavy atom. The SMILES string of the molecule is CCc1ccc(S(=O)(=O)Nc2cnc(N3CCCC3)nc2)cc1. The summed E-state index contributed by atoms with van der Waals surface area (Å²) >= 11 is 0. The summed E-state index contributed by atoms with van der Waals surface area (Å²) in [6, 6.07) is 6.87. The molecule has 2 aromatic rings. The minimum absolute atomic E-state index is 0.235. The molecule has 0 radical (unpaired) electrons. The first-order valence-electron chi connectivity index (χ1n) is 7.77. The van der Waals surface area contributed by atoms with Gasteiger partial charge in [-0.2, -0.15) is 0 Å². The van der Waals surface area contributed by atoms with Gasteiger partial charge in [0.25, 0.3) is 10.0 Å². The zero-order valence-corrected chi connectivity index (χ0v) is 13.9. The molecule has 1 aromatic heterocycles. The van der Waals surface area contributed by atoms with Crippen LogP contribution in [0.2, 0.25) is 0 Å². The zero-order valence-electron chi connectivity index (χ0n) is 13.1. The van der Waals surface area contributed by atoms with E-state index in [0.29, 0.717) is 11.6 Å². The van der Waals surface area contributed by atoms with Crippen LogP contribution in [-0.4, -0.2) is 31.5 Å². The van der Waals surface area contributed by atoms with E-state index in [-0.39, 0.29) is 4.90 Å². The first-order chi connectivity index (χ1) is 11.1. The molecule has 0 amide bonds. The van der Waals surface area contributed by atoms with Crippen molar-refractivity contribution in [2.45, 2.75) is 31.1 Å². The number of hydrogen-bond acceptors (Lipinski definition) is 5. The summed E-state index contributed by atoms with van der Waals surface area (Å²) in [6.07, 6.45) is 6.19. The van der Waals surface area contributed by atoms with Gasteiger partial charge in [-0.3, -0.25) is 4.72 Å². The molecule has 0 aliphatic carbocycles. The van der Waals surface area contributed by atoms with Gasteiger partial charge in [0.2, 0.25) is 5.95 Å². The molecule has 1 aliphatic heterocycles. The smallest absolute Gasteiger partial charge is 0.261 e. The van der Waals surface area contributed by atoms with E-state index in [2.05, 4.69) is 19.6 Å². The summed E-state index contributed by atoms with van der Waals surface area (Å²) in [6.45, 7) is 3.94. The standard InChI is InChI=1S/C16H20N4O2S/c1-2-13-5-7-15(8-6-13)23(21,22)19-14-11-17-16(18-12-14)20-9-3-4-10-20/h5-8,11-12,19H,2-4,9-10H2,1H3. The van der Waals surface area contributed by atoms with E-state index in [4.69, 9.17) is 0 Å². The highest BCUT2D eigenvalue weighted by atomic mass is 32.2. The Morgan fingerprint density at radius 2 is 1.70 bits per heavy atom. The van der Waals surface area contributed by atoms with Gasteiger partial charge >= 0.3 is 0 Å². The van der Waals surface area contributed by atoms with Crippen LogP contribution < -0.4 is 9.62 Å². The second kappa shape index (κ2) is 6.54. The lowest BCUT2D eigenvalue weighted by Crippen LogP contribution is -2.20. The molecule has 0 atom stereocenters. The van der Waals surface area contributed by atoms with Crippen LogP contribution in [0.5, 0.6) is 0 Å². The molecule has 1 aliphatic rings. The van der Waals surface area contributed by atoms with Crippen molar-refractivity contribution in [3.63, 3.8) is 0 Å². The van der Waals surface area contributed by atoms with E-state index in [1.165, 1.54) is 12.4 Å². The quantitative estimate of drug-likeness (QED) is 0.910. The van der Waals surface area contributed by atoms with Gasteiger partial charge in [0.1, 0.15) is 0 Å². The Morgan fingerprint density at radius 3 is 2.26 bits per heavy atom. The molecule has 0 saturated carbocycles. The lowest BCUT2D eigenvalue weighted by Gasteiger charge is -2.15. The molecule has 0 spiro atoms. The van der Waals surface area contributed by atoms with Gasteiger partial charge in [-0.15, -0.1) is 0 Å². The van der Waals surface area contributed by atoms with Gasteiger partial charge in [0.15, 0.2) is 0 Å². The highest BCUT2D eigenvalue weighted by Crippen LogP contribution is 2.19. The number of hydrogen-bond donors (Lipinski definition) is 1. The molecule has 23 heavy (non-hydrogen) atoms. The molecular weight excluding hydrogens is 312 g/mol. The van der Waals surface area contributed by atoms with Crippen molar-refractivity contribution in [2.75, 3.05) is 22.7 Å². The van der Waals surface area contributed by atoms with Crippen LogP contribution in [0.1, 0.15) is 25.3 Å². The van der Waals surface area contributed by atoms with Crippen molar-refractivity contribution < 1.29 is 8.42 Å². The second-order valence-corrected chi connectivity index (χ2v) is 7.25. The number of rotatable bonds is 5. The fourth-order valence-corrected chi connectivity index (χ4v) is 3.60. The van der Waals surface area contributed by atoms with Crippen molar-refractivity contribution in [1.29, 1.82) is 0 Å². The molecule has 6 nitrogen and oxygen atoms in total. The van der Waals surface area contributed by atoms with Crippen LogP contribution in [0.25, 0.3) is 0 Å². The maximum atomic E-state index is 12.4. The lowest BCUT2D eigenvalue weighted by molar-refractivity contribution is 0.601. The number of anilines is 2. The molecule has 1 saturated heterocycles. The van der Waals surface area contributed by atoms with Crippen LogP contribution in [0.4, 0.5) is 11.6 Å². The summed E-state index contributed by atoms with van der Waals surface area (Å²) in [4.78, 5) is 10.8. The van der Waals surface area contributed by atoms with Crippen molar-refractivity contribution in [3.05, 3.63) is 42.2 Å². The molecular formula is C16H20N4O2S. The van der Waals surface area contributed by atoms with Crippen LogP contribution in [0.3, 0.4) is 0 Å². The molecule has 1 N–H and O–H groups in total. The Labute approximate surface area is 136 Å². The zero-order chi connectivity index (χ0) is 16.3. The first-order valence-corrected chi connectivity index (χ1v) is 9.25. The Balaban J connectivity index is 1.74. The van der Waals surface area contributed by atoms with E-state index in [9.17, 15) is 8.42 Å². The lowest BCUT2D eigenvalue weighted by atomic mass is 10.2. The average Bonchev–Trinajstić information content (AvgIpc) is 3.10. The molecule has 7 heteroatoms. The van der Waals surface area contributed by atoms with E-state index in [0.717, 1.165) is 37.9 Å². The second-order valence-electron chi connectivity index (χ2n) is 5.57. The number of benzene rings is 1. The average molecular weight is 332 g/mol. The predicted octanol–water partition coefficient (Wildman–Crippen LogP) is 2.44. The van der Waals surface area contributed by atoms with E-state index in [1.54, 1.807) is 12.1 Å². The minimum atomic E-state index is -3.61. The van der Waals surface area contributed by atoms with Gasteiger partial charge < -0.3 is 4.90 Å². The number of aryl methyl sites for hydroxylation is 1. The van der Waals surface area contributed by atoms with Crippen LogP contribution >= 0.6 is 0 Å². The van der Waals surface area contributed by atoms with Crippen molar-refractivity contribution in [1.82, 2.24) is 9.97 Å². The van der Waals surface area contributed by atoms with E-state index >= 15 is 0 Å². The maximum Gasteiger partial charge on any atom is 0.261 e. The molecule has 122 valence electrons. The number of aromatic nitrogens is 2. The van der Waals surface area contributed by atoms with Gasteiger partial charge in [0, 0.05) is 13.1 Å². The molecule has 3 rings (SSSR count). The number of nitrogens with zero attached hydrogens (tertiary/aromatic N) is 3. The normalized spacial score (nSPS) is 14.9. The van der Waals surface area contributed by atoms with Crippen LogP contribution in [0.15, 0.2) is 41.6 Å². The van der Waals surface area contributed by atoms with Gasteiger partial charge in [-0.25, -0.2) is 18.4 Å². The molecule has 1 fully saturated rings. The highest BCUT2D eigenvalue weighted by molar-refractivity contribution is 7.92. The summed E-state index contributed by atoms with van der Waals surface area (Å²) < 4.78 is 27.2. The van der Waals surface area contributed by atoms with Gasteiger partial charge in [-0.05, 0) is 37.0 Å². The van der Waals surface area contributed by atoms with Gasteiger partial charge in [-0.1, -0.05) is 19.1 Å². The van der Waals surface area contributed by atoms with Crippen molar-refractivity contribution in [2.24, 2.45) is 0 Å². The third-order valence-corrected chi connectivity index (χ3v) is 5.32. The largest absolute Gasteiger partial charge is 0.341 e. The van der Waals surface area contributed by atoms with E-state index in [1.807, 2.05) is 19.1 Å². The van der Waals surface area contributed by atoms with Gasteiger partial charge in [0.05, 0.1) is 23.0 Å². The summed E-state index contributed by atoms with van der Waals surface area (Å²) in [7, 11) is -3.61.